The summed E-state index contributed by atoms with van der Waals surface area (Å²) in [7, 11) is 1.60. The fourth-order valence-corrected chi connectivity index (χ4v) is 1.52. The molecule has 0 saturated heterocycles. The molecular weight excluding hydrogens is 276 g/mol. The first-order chi connectivity index (χ1) is 10.7. The number of aromatic nitrogens is 2. The molecule has 5 heteroatoms. The molecule has 0 fully saturated rings. The first-order valence-corrected chi connectivity index (χ1v) is 7.58. The number of amides is 1. The summed E-state index contributed by atoms with van der Waals surface area (Å²) < 4.78 is 0. The predicted octanol–water partition coefficient (Wildman–Crippen LogP) is 3.94. The highest BCUT2D eigenvalue weighted by atomic mass is 16.1. The van der Waals surface area contributed by atoms with Crippen LogP contribution in [0.5, 0.6) is 0 Å². The van der Waals surface area contributed by atoms with Gasteiger partial charge in [0.15, 0.2) is 0 Å². The molecule has 2 aromatic rings. The Morgan fingerprint density at radius 3 is 2.36 bits per heavy atom. The van der Waals surface area contributed by atoms with Crippen molar-refractivity contribution in [1.82, 2.24) is 15.3 Å². The van der Waals surface area contributed by atoms with Gasteiger partial charge in [0.2, 0.25) is 5.95 Å². The topological polar surface area (TPSA) is 66.9 Å². The Morgan fingerprint density at radius 1 is 1.09 bits per heavy atom. The van der Waals surface area contributed by atoms with Crippen molar-refractivity contribution >= 4 is 17.5 Å². The monoisotopic (exact) mass is 302 g/mol. The SMILES string of the molecule is CC.CC.CNC(=O)c1cccc(Nc2nccc(C)n2)c1. The maximum Gasteiger partial charge on any atom is 0.251 e. The van der Waals surface area contributed by atoms with Gasteiger partial charge in [0.05, 0.1) is 0 Å². The zero-order valence-electron chi connectivity index (χ0n) is 14.3. The number of carbonyl (C=O) groups excluding carboxylic acids is 1. The van der Waals surface area contributed by atoms with Crippen molar-refractivity contribution in [2.45, 2.75) is 34.6 Å². The van der Waals surface area contributed by atoms with E-state index in [1.807, 2.05) is 52.8 Å². The number of benzene rings is 1. The highest BCUT2D eigenvalue weighted by molar-refractivity contribution is 5.95. The van der Waals surface area contributed by atoms with Crippen molar-refractivity contribution in [3.05, 3.63) is 47.8 Å². The van der Waals surface area contributed by atoms with Crippen LogP contribution in [0.4, 0.5) is 11.6 Å². The quantitative estimate of drug-likeness (QED) is 0.901. The number of anilines is 2. The zero-order valence-corrected chi connectivity index (χ0v) is 14.3. The molecule has 0 saturated carbocycles. The molecule has 5 nitrogen and oxygen atoms in total. The van der Waals surface area contributed by atoms with Gasteiger partial charge in [0.1, 0.15) is 0 Å². The van der Waals surface area contributed by atoms with Crippen LogP contribution in [0.25, 0.3) is 0 Å². The normalized spacial score (nSPS) is 8.64. The van der Waals surface area contributed by atoms with E-state index in [-0.39, 0.29) is 5.91 Å². The van der Waals surface area contributed by atoms with Crippen LogP contribution in [0, 0.1) is 6.92 Å². The largest absolute Gasteiger partial charge is 0.355 e. The lowest BCUT2D eigenvalue weighted by Crippen LogP contribution is -2.17. The third-order valence-corrected chi connectivity index (χ3v) is 2.40. The van der Waals surface area contributed by atoms with E-state index in [0.717, 1.165) is 11.4 Å². The van der Waals surface area contributed by atoms with E-state index in [9.17, 15) is 4.79 Å². The molecule has 0 atom stereocenters. The summed E-state index contributed by atoms with van der Waals surface area (Å²) in [4.78, 5) is 19.8. The average molecular weight is 302 g/mol. The third kappa shape index (κ3) is 6.35. The molecule has 0 unspecified atom stereocenters. The molecule has 1 amide bonds. The first-order valence-electron chi connectivity index (χ1n) is 7.58. The Hall–Kier alpha value is -2.43. The van der Waals surface area contributed by atoms with E-state index in [1.54, 1.807) is 25.4 Å². The minimum absolute atomic E-state index is 0.121. The standard InChI is InChI=1S/C13H14N4O.2C2H6/c1-9-6-7-15-13(16-9)17-11-5-3-4-10(8-11)12(18)14-2;2*1-2/h3-8H,1-2H3,(H,14,18)(H,15,16,17);2*1-2H3. The van der Waals surface area contributed by atoms with Gasteiger partial charge in [-0.1, -0.05) is 33.8 Å². The molecule has 22 heavy (non-hydrogen) atoms. The van der Waals surface area contributed by atoms with Gasteiger partial charge in [-0.05, 0) is 31.2 Å². The summed E-state index contributed by atoms with van der Waals surface area (Å²) in [6, 6.07) is 9.00. The van der Waals surface area contributed by atoms with Gasteiger partial charge < -0.3 is 10.6 Å². The lowest BCUT2D eigenvalue weighted by atomic mass is 10.2. The van der Waals surface area contributed by atoms with Crippen molar-refractivity contribution in [3.8, 4) is 0 Å². The molecule has 1 aromatic carbocycles. The maximum absolute atomic E-state index is 11.5. The lowest BCUT2D eigenvalue weighted by molar-refractivity contribution is 0.0963. The van der Waals surface area contributed by atoms with Crippen molar-refractivity contribution < 1.29 is 4.79 Å². The highest BCUT2D eigenvalue weighted by Crippen LogP contribution is 2.14. The van der Waals surface area contributed by atoms with Gasteiger partial charge in [-0.2, -0.15) is 0 Å². The molecule has 1 aromatic heterocycles. The van der Waals surface area contributed by atoms with E-state index in [2.05, 4.69) is 20.6 Å². The van der Waals surface area contributed by atoms with E-state index in [4.69, 9.17) is 0 Å². The van der Waals surface area contributed by atoms with Gasteiger partial charge in [-0.15, -0.1) is 0 Å². The van der Waals surface area contributed by atoms with Crippen molar-refractivity contribution in [1.29, 1.82) is 0 Å². The van der Waals surface area contributed by atoms with E-state index in [1.165, 1.54) is 0 Å². The molecule has 0 aliphatic rings. The maximum atomic E-state index is 11.5. The molecule has 120 valence electrons. The van der Waals surface area contributed by atoms with Gasteiger partial charge in [-0.25, -0.2) is 9.97 Å². The second-order valence-electron chi connectivity index (χ2n) is 3.81. The molecule has 1 heterocycles. The number of nitrogens with one attached hydrogen (secondary N) is 2. The number of hydrogen-bond acceptors (Lipinski definition) is 4. The molecule has 2 rings (SSSR count). The minimum Gasteiger partial charge on any atom is -0.355 e. The summed E-state index contributed by atoms with van der Waals surface area (Å²) in [6.07, 6.45) is 1.69. The van der Waals surface area contributed by atoms with E-state index < -0.39 is 0 Å². The summed E-state index contributed by atoms with van der Waals surface area (Å²) in [6.45, 7) is 9.90. The predicted molar refractivity (Wildman–Crippen MR) is 92.6 cm³/mol. The van der Waals surface area contributed by atoms with Crippen molar-refractivity contribution in [3.63, 3.8) is 0 Å². The molecule has 0 aliphatic heterocycles. The number of aryl methyl sites for hydroxylation is 1. The van der Waals surface area contributed by atoms with Crippen molar-refractivity contribution in [2.24, 2.45) is 0 Å². The van der Waals surface area contributed by atoms with Crippen LogP contribution in [0.15, 0.2) is 36.5 Å². The lowest BCUT2D eigenvalue weighted by Gasteiger charge is -2.06. The minimum atomic E-state index is -0.121. The molecule has 0 spiro atoms. The zero-order chi connectivity index (χ0) is 17.0. The molecule has 0 bridgehead atoms. The second-order valence-corrected chi connectivity index (χ2v) is 3.81. The average Bonchev–Trinajstić information content (AvgIpc) is 2.58. The fourth-order valence-electron chi connectivity index (χ4n) is 1.52. The highest BCUT2D eigenvalue weighted by Gasteiger charge is 2.04. The molecular formula is C17H26N4O. The third-order valence-electron chi connectivity index (χ3n) is 2.40. The van der Waals surface area contributed by atoms with E-state index >= 15 is 0 Å². The van der Waals surface area contributed by atoms with Gasteiger partial charge in [0.25, 0.3) is 5.91 Å². The Labute approximate surface area is 133 Å². The van der Waals surface area contributed by atoms with Crippen LogP contribution in [0.2, 0.25) is 0 Å². The first kappa shape index (κ1) is 19.6. The molecule has 0 aliphatic carbocycles. The smallest absolute Gasteiger partial charge is 0.251 e. The van der Waals surface area contributed by atoms with Gasteiger partial charge >= 0.3 is 0 Å². The molecule has 0 radical (unpaired) electrons. The Bertz CT molecular complexity index is 570. The summed E-state index contributed by atoms with van der Waals surface area (Å²) in [5.41, 5.74) is 2.26. The van der Waals surface area contributed by atoms with E-state index in [0.29, 0.717) is 11.5 Å². The van der Waals surface area contributed by atoms with Crippen LogP contribution in [0.3, 0.4) is 0 Å². The van der Waals surface area contributed by atoms with Crippen LogP contribution in [-0.2, 0) is 0 Å². The van der Waals surface area contributed by atoms with Crippen LogP contribution in [0.1, 0.15) is 43.7 Å². The summed E-state index contributed by atoms with van der Waals surface area (Å²) in [5.74, 6) is 0.396. The van der Waals surface area contributed by atoms with Gasteiger partial charge in [0, 0.05) is 30.2 Å². The van der Waals surface area contributed by atoms with Crippen LogP contribution in [-0.4, -0.2) is 22.9 Å². The summed E-state index contributed by atoms with van der Waals surface area (Å²) in [5, 5.41) is 5.65. The number of rotatable bonds is 3. The number of hydrogen-bond donors (Lipinski definition) is 2. The number of carbonyl (C=O) groups is 1. The Morgan fingerprint density at radius 2 is 1.77 bits per heavy atom. The van der Waals surface area contributed by atoms with Crippen LogP contribution < -0.4 is 10.6 Å². The fraction of sp³-hybridized carbons (Fsp3) is 0.353. The molecule has 2 N–H and O–H groups in total. The summed E-state index contributed by atoms with van der Waals surface area (Å²) >= 11 is 0. The van der Waals surface area contributed by atoms with Crippen LogP contribution >= 0.6 is 0 Å². The van der Waals surface area contributed by atoms with Crippen molar-refractivity contribution in [2.75, 3.05) is 12.4 Å². The number of nitrogens with zero attached hydrogens (tertiary/aromatic N) is 2. The Balaban J connectivity index is 0.00000102. The second kappa shape index (κ2) is 11.3. The van der Waals surface area contributed by atoms with Gasteiger partial charge in [-0.3, -0.25) is 4.79 Å². The Kier molecular flexibility index (Phi) is 10.0.